The third-order valence-corrected chi connectivity index (χ3v) is 9.00. The highest BCUT2D eigenvalue weighted by molar-refractivity contribution is 7.99. The van der Waals surface area contributed by atoms with Gasteiger partial charge >= 0.3 is 0 Å². The molecule has 4 heterocycles. The molecule has 11 nitrogen and oxygen atoms in total. The molecule has 2 aliphatic rings. The number of fused-ring (bicyclic) bond motifs is 2. The van der Waals surface area contributed by atoms with Gasteiger partial charge in [-0.05, 0) is 63.3 Å². The highest BCUT2D eigenvalue weighted by Gasteiger charge is 2.41. The number of amides is 2. The van der Waals surface area contributed by atoms with Crippen molar-refractivity contribution in [3.8, 4) is 17.1 Å². The van der Waals surface area contributed by atoms with Crippen LogP contribution in [0.1, 0.15) is 33.6 Å². The van der Waals surface area contributed by atoms with Crippen LogP contribution in [0.15, 0.2) is 58.4 Å². The number of piperidine rings is 1. The Balaban J connectivity index is 1.20. The number of hydrogen-bond acceptors (Lipinski definition) is 9. The van der Waals surface area contributed by atoms with Crippen molar-refractivity contribution in [2.75, 3.05) is 44.9 Å². The van der Waals surface area contributed by atoms with E-state index in [0.717, 1.165) is 36.6 Å². The molecule has 1 fully saturated rings. The predicted molar refractivity (Wildman–Crippen MR) is 161 cm³/mol. The molecule has 0 spiro atoms. The lowest BCUT2D eigenvalue weighted by atomic mass is 10.0. The number of benzene rings is 2. The van der Waals surface area contributed by atoms with E-state index in [0.29, 0.717) is 39.4 Å². The van der Waals surface area contributed by atoms with Gasteiger partial charge < -0.3 is 30.0 Å². The zero-order valence-electron chi connectivity index (χ0n) is 23.3. The minimum atomic E-state index is -0.713. The summed E-state index contributed by atoms with van der Waals surface area (Å²) in [5.41, 5.74) is 2.11. The summed E-state index contributed by atoms with van der Waals surface area (Å²) in [7, 11) is 3.65. The normalized spacial score (nSPS) is 16.7. The monoisotopic (exact) mass is 588 g/mol. The maximum Gasteiger partial charge on any atom is 0.261 e. The van der Waals surface area contributed by atoms with Crippen molar-refractivity contribution in [3.63, 3.8) is 0 Å². The molecule has 1 saturated heterocycles. The number of carbonyl (C=O) groups is 2. The number of imide groups is 1. The smallest absolute Gasteiger partial charge is 0.261 e. The minimum absolute atomic E-state index is 0.115. The number of likely N-dealkylation sites (tertiary alicyclic amines) is 1. The van der Waals surface area contributed by atoms with Gasteiger partial charge in [-0.2, -0.15) is 0 Å². The van der Waals surface area contributed by atoms with Crippen LogP contribution in [0.25, 0.3) is 22.4 Å². The van der Waals surface area contributed by atoms with Gasteiger partial charge in [0.15, 0.2) is 0 Å². The maximum atomic E-state index is 13.3. The van der Waals surface area contributed by atoms with Crippen molar-refractivity contribution < 1.29 is 19.4 Å². The Bertz CT molecular complexity index is 1660. The van der Waals surface area contributed by atoms with Gasteiger partial charge in [0.05, 0.1) is 41.1 Å². The number of aromatic nitrogens is 3. The van der Waals surface area contributed by atoms with E-state index in [9.17, 15) is 19.5 Å². The zero-order chi connectivity index (χ0) is 29.4. The predicted octanol–water partition coefficient (Wildman–Crippen LogP) is 3.18. The summed E-state index contributed by atoms with van der Waals surface area (Å²) < 4.78 is 5.38. The summed E-state index contributed by atoms with van der Waals surface area (Å²) in [6.07, 6.45) is 2.32. The number of nitrogens with one attached hydrogen (secondary N) is 3. The molecule has 1 unspecified atom stereocenters. The summed E-state index contributed by atoms with van der Waals surface area (Å²) in [5, 5.41) is 13.8. The lowest BCUT2D eigenvalue weighted by Crippen LogP contribution is -2.46. The molecule has 2 aliphatic heterocycles. The minimum Gasteiger partial charge on any atom is -0.496 e. The highest BCUT2D eigenvalue weighted by Crippen LogP contribution is 2.33. The van der Waals surface area contributed by atoms with Gasteiger partial charge in [0.25, 0.3) is 17.4 Å². The summed E-state index contributed by atoms with van der Waals surface area (Å²) in [6, 6.07) is 12.5. The maximum absolute atomic E-state index is 13.3. The largest absolute Gasteiger partial charge is 0.496 e. The van der Waals surface area contributed by atoms with E-state index < -0.39 is 6.10 Å². The molecule has 2 amide bonds. The number of thioether (sulfide) groups is 1. The van der Waals surface area contributed by atoms with Gasteiger partial charge in [0, 0.05) is 29.4 Å². The van der Waals surface area contributed by atoms with E-state index in [-0.39, 0.29) is 35.5 Å². The lowest BCUT2D eigenvalue weighted by molar-refractivity contribution is 0.0516. The van der Waals surface area contributed by atoms with Crippen LogP contribution in [0.2, 0.25) is 0 Å². The Kier molecular flexibility index (Phi) is 7.76. The van der Waals surface area contributed by atoms with E-state index in [1.807, 2.05) is 31.3 Å². The molecule has 0 bridgehead atoms. The van der Waals surface area contributed by atoms with Crippen molar-refractivity contribution in [2.45, 2.75) is 29.9 Å². The standard InChI is InChI=1S/C30H32N6O5S/c1-35-11-8-17(9-12-35)36-29(39)19-13-22-23(14-20(19)30(36)40)34-27(33-22)26-21(7-10-31-28(26)38)32-15-18(37)16-42-25-6-4-3-5-24(25)41-2/h3-7,10,13-14,17-18,37H,8-9,11-12,15-16H2,1-2H3,(H,33,34)(H2,31,32,38). The molecule has 218 valence electrons. The Labute approximate surface area is 246 Å². The summed E-state index contributed by atoms with van der Waals surface area (Å²) in [6.45, 7) is 1.87. The number of ether oxygens (including phenoxy) is 1. The number of H-pyrrole nitrogens is 2. The Morgan fingerprint density at radius 1 is 1.12 bits per heavy atom. The first-order valence-corrected chi connectivity index (χ1v) is 14.8. The van der Waals surface area contributed by atoms with Crippen LogP contribution in [-0.4, -0.2) is 93.4 Å². The fraction of sp³-hybridized carbons (Fsp3) is 0.333. The second kappa shape index (κ2) is 11.6. The van der Waals surface area contributed by atoms with E-state index in [2.05, 4.69) is 25.2 Å². The fourth-order valence-corrected chi connectivity index (χ4v) is 6.50. The number of anilines is 1. The first-order chi connectivity index (χ1) is 20.3. The third-order valence-electron chi connectivity index (χ3n) is 7.80. The molecule has 4 aromatic rings. The Morgan fingerprint density at radius 3 is 2.62 bits per heavy atom. The van der Waals surface area contributed by atoms with Gasteiger partial charge in [0.1, 0.15) is 17.1 Å². The second-order valence-electron chi connectivity index (χ2n) is 10.6. The number of rotatable bonds is 9. The van der Waals surface area contributed by atoms with Crippen LogP contribution >= 0.6 is 11.8 Å². The first-order valence-electron chi connectivity index (χ1n) is 13.8. The molecule has 4 N–H and O–H groups in total. The van der Waals surface area contributed by atoms with Crippen molar-refractivity contribution in [2.24, 2.45) is 0 Å². The van der Waals surface area contributed by atoms with Gasteiger partial charge in [-0.3, -0.25) is 19.3 Å². The van der Waals surface area contributed by atoms with Crippen LogP contribution < -0.4 is 15.6 Å². The van der Waals surface area contributed by atoms with Crippen molar-refractivity contribution >= 4 is 40.3 Å². The third kappa shape index (κ3) is 5.28. The van der Waals surface area contributed by atoms with Gasteiger partial charge in [-0.1, -0.05) is 12.1 Å². The molecule has 42 heavy (non-hydrogen) atoms. The summed E-state index contributed by atoms with van der Waals surface area (Å²) in [5.74, 6) is 0.869. The number of hydrogen-bond donors (Lipinski definition) is 4. The molecule has 6 rings (SSSR count). The van der Waals surface area contributed by atoms with Crippen LogP contribution in [0.4, 0.5) is 5.69 Å². The number of aliphatic hydroxyl groups excluding tert-OH is 1. The van der Waals surface area contributed by atoms with Crippen molar-refractivity contribution in [3.05, 3.63) is 70.1 Å². The Morgan fingerprint density at radius 2 is 1.86 bits per heavy atom. The number of para-hydroxylation sites is 1. The van der Waals surface area contributed by atoms with Gasteiger partial charge in [-0.25, -0.2) is 4.98 Å². The number of methoxy groups -OCH3 is 1. The molecule has 0 saturated carbocycles. The second-order valence-corrected chi connectivity index (χ2v) is 11.7. The van der Waals surface area contributed by atoms with E-state index in [4.69, 9.17) is 4.74 Å². The number of aliphatic hydroxyl groups is 1. The number of aromatic amines is 2. The average molecular weight is 589 g/mol. The highest BCUT2D eigenvalue weighted by atomic mass is 32.2. The molecule has 2 aromatic heterocycles. The zero-order valence-corrected chi connectivity index (χ0v) is 24.2. The van der Waals surface area contributed by atoms with Crippen LogP contribution in [-0.2, 0) is 0 Å². The molecule has 1 atom stereocenters. The number of imidazole rings is 1. The van der Waals surface area contributed by atoms with Crippen molar-refractivity contribution in [1.82, 2.24) is 24.8 Å². The van der Waals surface area contributed by atoms with Crippen LogP contribution in [0, 0.1) is 0 Å². The Hall–Kier alpha value is -4.13. The molecular formula is C30H32N6O5S. The van der Waals surface area contributed by atoms with Crippen molar-refractivity contribution in [1.29, 1.82) is 0 Å². The summed E-state index contributed by atoms with van der Waals surface area (Å²) in [4.78, 5) is 54.5. The topological polar surface area (TPSA) is 144 Å². The lowest BCUT2D eigenvalue weighted by Gasteiger charge is -2.33. The summed E-state index contributed by atoms with van der Waals surface area (Å²) >= 11 is 1.48. The fourth-order valence-electron chi connectivity index (χ4n) is 5.54. The van der Waals surface area contributed by atoms with Gasteiger partial charge in [0.2, 0.25) is 0 Å². The first kappa shape index (κ1) is 28.0. The van der Waals surface area contributed by atoms with Crippen LogP contribution in [0.5, 0.6) is 5.75 Å². The average Bonchev–Trinajstić information content (AvgIpc) is 3.51. The number of nitrogens with zero attached hydrogens (tertiary/aromatic N) is 3. The van der Waals surface area contributed by atoms with Gasteiger partial charge in [-0.15, -0.1) is 11.8 Å². The molecule has 0 aliphatic carbocycles. The van der Waals surface area contributed by atoms with E-state index in [1.54, 1.807) is 25.3 Å². The van der Waals surface area contributed by atoms with Crippen LogP contribution in [0.3, 0.4) is 0 Å². The van der Waals surface area contributed by atoms with E-state index in [1.165, 1.54) is 22.9 Å². The molecule has 0 radical (unpaired) electrons. The quantitative estimate of drug-likeness (QED) is 0.171. The molecule has 2 aromatic carbocycles. The van der Waals surface area contributed by atoms with E-state index >= 15 is 0 Å². The SMILES string of the molecule is COc1ccccc1SCC(O)CNc1cc[nH]c(=O)c1-c1nc2cc3c(cc2[nH]1)C(=O)N(C1CCN(C)CC1)C3=O. The molecule has 12 heteroatoms. The molecular weight excluding hydrogens is 556 g/mol. The number of carbonyl (C=O) groups excluding carboxylic acids is 2. The number of pyridine rings is 1.